The molecule has 3 rings (SSSR count). The van der Waals surface area contributed by atoms with Gasteiger partial charge in [0.2, 0.25) is 5.91 Å². The number of tetrazole rings is 1. The summed E-state index contributed by atoms with van der Waals surface area (Å²) in [4.78, 5) is 16.6. The van der Waals surface area contributed by atoms with Crippen LogP contribution >= 0.6 is 11.6 Å². The Morgan fingerprint density at radius 3 is 2.75 bits per heavy atom. The molecule has 0 radical (unpaired) electrons. The highest BCUT2D eigenvalue weighted by atomic mass is 35.5. The van der Waals surface area contributed by atoms with E-state index in [0.29, 0.717) is 13.0 Å². The summed E-state index contributed by atoms with van der Waals surface area (Å²) in [6.07, 6.45) is 2.86. The Balaban J connectivity index is 1.38. The molecule has 24 heavy (non-hydrogen) atoms. The molecule has 0 N–H and O–H groups in total. The van der Waals surface area contributed by atoms with Crippen LogP contribution in [0, 0.1) is 0 Å². The molecule has 1 fully saturated rings. The van der Waals surface area contributed by atoms with Crippen LogP contribution in [0.25, 0.3) is 0 Å². The van der Waals surface area contributed by atoms with Gasteiger partial charge in [0.1, 0.15) is 6.33 Å². The number of aryl methyl sites for hydroxylation is 1. The molecular weight excluding hydrogens is 328 g/mol. The Hall–Kier alpha value is -1.99. The molecule has 1 aliphatic rings. The molecule has 2 heterocycles. The number of carbonyl (C=O) groups is 1. The minimum absolute atomic E-state index is 0.213. The third kappa shape index (κ3) is 4.75. The Bertz CT molecular complexity index is 654. The maximum atomic E-state index is 12.3. The van der Waals surface area contributed by atoms with Gasteiger partial charge in [-0.3, -0.25) is 9.69 Å². The van der Waals surface area contributed by atoms with Gasteiger partial charge in [0, 0.05) is 50.7 Å². The number of rotatable bonds is 6. The van der Waals surface area contributed by atoms with Crippen LogP contribution in [0.5, 0.6) is 0 Å². The zero-order valence-corrected chi connectivity index (χ0v) is 14.3. The number of nitrogens with zero attached hydrogens (tertiary/aromatic N) is 6. The quantitative estimate of drug-likeness (QED) is 0.790. The molecule has 2 aromatic rings. The third-order valence-electron chi connectivity index (χ3n) is 4.19. The highest BCUT2D eigenvalue weighted by Gasteiger charge is 2.20. The van der Waals surface area contributed by atoms with E-state index in [1.54, 1.807) is 11.0 Å². The van der Waals surface area contributed by atoms with E-state index in [1.807, 2.05) is 23.1 Å². The molecule has 0 atom stereocenters. The van der Waals surface area contributed by atoms with Crippen LogP contribution in [-0.2, 0) is 17.9 Å². The van der Waals surface area contributed by atoms with Crippen molar-refractivity contribution in [3.05, 3.63) is 41.2 Å². The van der Waals surface area contributed by atoms with Gasteiger partial charge in [0.05, 0.1) is 0 Å². The average molecular weight is 349 g/mol. The summed E-state index contributed by atoms with van der Waals surface area (Å²) in [6.45, 7) is 4.90. The highest BCUT2D eigenvalue weighted by molar-refractivity contribution is 6.30. The minimum atomic E-state index is 0.213. The van der Waals surface area contributed by atoms with Gasteiger partial charge >= 0.3 is 0 Å². The van der Waals surface area contributed by atoms with Gasteiger partial charge in [-0.1, -0.05) is 23.7 Å². The minimum Gasteiger partial charge on any atom is -0.340 e. The van der Waals surface area contributed by atoms with Crippen molar-refractivity contribution < 1.29 is 4.79 Å². The van der Waals surface area contributed by atoms with Gasteiger partial charge in [0.15, 0.2) is 0 Å². The number of benzene rings is 1. The average Bonchev–Trinajstić information content (AvgIpc) is 3.09. The summed E-state index contributed by atoms with van der Waals surface area (Å²) >= 11 is 6.03. The Kier molecular flexibility index (Phi) is 5.77. The van der Waals surface area contributed by atoms with E-state index in [-0.39, 0.29) is 5.91 Å². The van der Waals surface area contributed by atoms with Crippen molar-refractivity contribution in [2.24, 2.45) is 0 Å². The van der Waals surface area contributed by atoms with E-state index in [4.69, 9.17) is 11.6 Å². The Morgan fingerprint density at radius 2 is 2.04 bits per heavy atom. The first-order valence-corrected chi connectivity index (χ1v) is 8.54. The monoisotopic (exact) mass is 348 g/mol. The van der Waals surface area contributed by atoms with Crippen LogP contribution in [0.4, 0.5) is 0 Å². The second-order valence-electron chi connectivity index (χ2n) is 5.96. The van der Waals surface area contributed by atoms with Gasteiger partial charge in [-0.15, -0.1) is 5.10 Å². The van der Waals surface area contributed by atoms with Crippen molar-refractivity contribution in [2.75, 3.05) is 26.2 Å². The molecule has 0 spiro atoms. The van der Waals surface area contributed by atoms with E-state index in [9.17, 15) is 4.79 Å². The number of hydrogen-bond acceptors (Lipinski definition) is 5. The third-order valence-corrected chi connectivity index (χ3v) is 4.42. The van der Waals surface area contributed by atoms with E-state index in [1.165, 1.54) is 5.56 Å². The second kappa shape index (κ2) is 8.21. The van der Waals surface area contributed by atoms with Crippen LogP contribution < -0.4 is 0 Å². The molecule has 128 valence electrons. The fourth-order valence-corrected chi connectivity index (χ4v) is 3.09. The van der Waals surface area contributed by atoms with Gasteiger partial charge < -0.3 is 4.90 Å². The maximum Gasteiger partial charge on any atom is 0.222 e. The fourth-order valence-electron chi connectivity index (χ4n) is 2.88. The predicted molar refractivity (Wildman–Crippen MR) is 90.4 cm³/mol. The lowest BCUT2D eigenvalue weighted by Gasteiger charge is -2.34. The van der Waals surface area contributed by atoms with E-state index in [0.717, 1.165) is 44.2 Å². The normalized spacial score (nSPS) is 15.6. The van der Waals surface area contributed by atoms with Gasteiger partial charge in [-0.25, -0.2) is 4.68 Å². The lowest BCUT2D eigenvalue weighted by atomic mass is 10.2. The predicted octanol–water partition coefficient (Wildman–Crippen LogP) is 1.45. The van der Waals surface area contributed by atoms with Gasteiger partial charge in [-0.2, -0.15) is 0 Å². The summed E-state index contributed by atoms with van der Waals surface area (Å²) in [5.74, 6) is 0.213. The zero-order valence-electron chi connectivity index (χ0n) is 13.5. The zero-order chi connectivity index (χ0) is 16.8. The molecule has 1 aliphatic heterocycles. The molecule has 0 aliphatic carbocycles. The van der Waals surface area contributed by atoms with Crippen LogP contribution in [0.2, 0.25) is 5.02 Å². The largest absolute Gasteiger partial charge is 0.340 e. The van der Waals surface area contributed by atoms with Crippen LogP contribution in [0.3, 0.4) is 0 Å². The summed E-state index contributed by atoms with van der Waals surface area (Å²) < 4.78 is 1.65. The number of piperazine rings is 1. The van der Waals surface area contributed by atoms with Gasteiger partial charge in [0.25, 0.3) is 0 Å². The standard InChI is InChI=1S/C16H21ClN6O/c17-15-4-1-3-14(11-15)12-21-7-9-22(10-8-21)16(24)5-2-6-23-13-18-19-20-23/h1,3-4,11,13H,2,5-10,12H2. The first kappa shape index (κ1) is 16.9. The van der Waals surface area contributed by atoms with Crippen LogP contribution in [0.15, 0.2) is 30.6 Å². The first-order valence-electron chi connectivity index (χ1n) is 8.16. The topological polar surface area (TPSA) is 67.2 Å². The van der Waals surface area contributed by atoms with E-state index in [2.05, 4.69) is 26.5 Å². The lowest BCUT2D eigenvalue weighted by molar-refractivity contribution is -0.133. The smallest absolute Gasteiger partial charge is 0.222 e. The van der Waals surface area contributed by atoms with Crippen LogP contribution in [0.1, 0.15) is 18.4 Å². The molecule has 8 heteroatoms. The van der Waals surface area contributed by atoms with Crippen molar-refractivity contribution in [1.82, 2.24) is 30.0 Å². The molecule has 1 aromatic heterocycles. The molecule has 0 unspecified atom stereocenters. The highest BCUT2D eigenvalue weighted by Crippen LogP contribution is 2.14. The summed E-state index contributed by atoms with van der Waals surface area (Å²) in [6, 6.07) is 7.94. The van der Waals surface area contributed by atoms with E-state index < -0.39 is 0 Å². The van der Waals surface area contributed by atoms with Crippen molar-refractivity contribution >= 4 is 17.5 Å². The SMILES string of the molecule is O=C(CCCn1cnnn1)N1CCN(Cc2cccc(Cl)c2)CC1. The summed E-state index contributed by atoms with van der Waals surface area (Å²) in [5.41, 5.74) is 1.21. The summed E-state index contributed by atoms with van der Waals surface area (Å²) in [7, 11) is 0. The number of amides is 1. The van der Waals surface area contributed by atoms with Crippen LogP contribution in [-0.4, -0.2) is 62.1 Å². The number of carbonyl (C=O) groups excluding carboxylic acids is 1. The molecule has 1 aromatic carbocycles. The Morgan fingerprint density at radius 1 is 1.21 bits per heavy atom. The molecule has 1 amide bonds. The molecule has 1 saturated heterocycles. The van der Waals surface area contributed by atoms with Gasteiger partial charge in [-0.05, 0) is 34.5 Å². The van der Waals surface area contributed by atoms with E-state index >= 15 is 0 Å². The van der Waals surface area contributed by atoms with Crippen molar-refractivity contribution in [3.8, 4) is 0 Å². The maximum absolute atomic E-state index is 12.3. The first-order chi connectivity index (χ1) is 11.7. The lowest BCUT2D eigenvalue weighted by Crippen LogP contribution is -2.48. The van der Waals surface area contributed by atoms with Crippen molar-refractivity contribution in [3.63, 3.8) is 0 Å². The number of aromatic nitrogens is 4. The number of halogens is 1. The summed E-state index contributed by atoms with van der Waals surface area (Å²) in [5, 5.41) is 11.7. The molecule has 0 saturated carbocycles. The number of hydrogen-bond donors (Lipinski definition) is 0. The molecule has 7 nitrogen and oxygen atoms in total. The van der Waals surface area contributed by atoms with Crippen molar-refractivity contribution in [2.45, 2.75) is 25.9 Å². The molecular formula is C16H21ClN6O. The second-order valence-corrected chi connectivity index (χ2v) is 6.40. The fraction of sp³-hybridized carbons (Fsp3) is 0.500. The van der Waals surface area contributed by atoms with Crippen molar-refractivity contribution in [1.29, 1.82) is 0 Å². The Labute approximate surface area is 146 Å². The molecule has 0 bridgehead atoms.